The highest BCUT2D eigenvalue weighted by Gasteiger charge is 2.21. The minimum Gasteiger partial charge on any atom is -0.349 e. The summed E-state index contributed by atoms with van der Waals surface area (Å²) in [6.07, 6.45) is 3.33. The molecule has 1 amide bonds. The van der Waals surface area contributed by atoms with E-state index in [1.807, 2.05) is 0 Å². The average molecular weight is 340 g/mol. The van der Waals surface area contributed by atoms with E-state index < -0.39 is 0 Å². The fraction of sp³-hybridized carbons (Fsp3) is 0.381. The SMILES string of the molecule is Cc1ccc(C)c(CSCC(=O)N[C@@H]2CCCc3ccccc32)c1. The summed E-state index contributed by atoms with van der Waals surface area (Å²) in [5.41, 5.74) is 6.60. The monoisotopic (exact) mass is 339 g/mol. The highest BCUT2D eigenvalue weighted by atomic mass is 32.2. The lowest BCUT2D eigenvalue weighted by Crippen LogP contribution is -2.32. The Labute approximate surface area is 149 Å². The van der Waals surface area contributed by atoms with Crippen molar-refractivity contribution in [3.63, 3.8) is 0 Å². The van der Waals surface area contributed by atoms with E-state index in [4.69, 9.17) is 0 Å². The Kier molecular flexibility index (Phi) is 5.62. The lowest BCUT2D eigenvalue weighted by atomic mass is 9.88. The lowest BCUT2D eigenvalue weighted by molar-refractivity contribution is -0.119. The first-order valence-electron chi connectivity index (χ1n) is 8.64. The van der Waals surface area contributed by atoms with Crippen LogP contribution in [-0.4, -0.2) is 11.7 Å². The first kappa shape index (κ1) is 17.1. The molecule has 0 radical (unpaired) electrons. The molecule has 24 heavy (non-hydrogen) atoms. The van der Waals surface area contributed by atoms with Gasteiger partial charge >= 0.3 is 0 Å². The summed E-state index contributed by atoms with van der Waals surface area (Å²) in [4.78, 5) is 12.3. The summed E-state index contributed by atoms with van der Waals surface area (Å²) in [7, 11) is 0. The Balaban J connectivity index is 1.53. The molecule has 3 heteroatoms. The number of nitrogens with one attached hydrogen (secondary N) is 1. The minimum absolute atomic E-state index is 0.145. The summed E-state index contributed by atoms with van der Waals surface area (Å²) in [5, 5.41) is 3.23. The Bertz CT molecular complexity index is 726. The molecule has 1 aliphatic carbocycles. The second kappa shape index (κ2) is 7.89. The molecule has 2 aromatic carbocycles. The molecule has 0 saturated carbocycles. The van der Waals surface area contributed by atoms with Crippen molar-refractivity contribution in [3.05, 3.63) is 70.3 Å². The Morgan fingerprint density at radius 3 is 2.92 bits per heavy atom. The number of carbonyl (C=O) groups is 1. The Morgan fingerprint density at radius 1 is 1.21 bits per heavy atom. The molecule has 0 aliphatic heterocycles. The van der Waals surface area contributed by atoms with E-state index in [-0.39, 0.29) is 11.9 Å². The summed E-state index contributed by atoms with van der Waals surface area (Å²) < 4.78 is 0. The van der Waals surface area contributed by atoms with Crippen molar-refractivity contribution >= 4 is 17.7 Å². The number of thioether (sulfide) groups is 1. The van der Waals surface area contributed by atoms with Crippen LogP contribution >= 0.6 is 11.8 Å². The van der Waals surface area contributed by atoms with Gasteiger partial charge in [0.15, 0.2) is 0 Å². The number of benzene rings is 2. The first-order chi connectivity index (χ1) is 11.6. The molecule has 126 valence electrons. The van der Waals surface area contributed by atoms with Gasteiger partial charge in [-0.05, 0) is 55.4 Å². The van der Waals surface area contributed by atoms with E-state index in [0.29, 0.717) is 5.75 Å². The van der Waals surface area contributed by atoms with Crippen LogP contribution in [0.25, 0.3) is 0 Å². The molecular weight excluding hydrogens is 314 g/mol. The molecule has 0 unspecified atom stereocenters. The van der Waals surface area contributed by atoms with Gasteiger partial charge in [-0.25, -0.2) is 0 Å². The van der Waals surface area contributed by atoms with Gasteiger partial charge in [0.05, 0.1) is 11.8 Å². The second-order valence-corrected chi connectivity index (χ2v) is 7.62. The van der Waals surface area contributed by atoms with Crippen molar-refractivity contribution < 1.29 is 4.79 Å². The van der Waals surface area contributed by atoms with Crippen molar-refractivity contribution in [1.82, 2.24) is 5.32 Å². The van der Waals surface area contributed by atoms with Crippen LogP contribution in [0.3, 0.4) is 0 Å². The van der Waals surface area contributed by atoms with E-state index >= 15 is 0 Å². The van der Waals surface area contributed by atoms with Crippen LogP contribution in [0.15, 0.2) is 42.5 Å². The van der Waals surface area contributed by atoms with E-state index in [1.165, 1.54) is 27.8 Å². The van der Waals surface area contributed by atoms with Gasteiger partial charge in [0.1, 0.15) is 0 Å². The van der Waals surface area contributed by atoms with Gasteiger partial charge in [-0.3, -0.25) is 4.79 Å². The number of rotatable bonds is 5. The summed E-state index contributed by atoms with van der Waals surface area (Å²) in [6, 6.07) is 15.2. The molecule has 0 spiro atoms. The average Bonchev–Trinajstić information content (AvgIpc) is 2.58. The highest BCUT2D eigenvalue weighted by Crippen LogP contribution is 2.29. The van der Waals surface area contributed by atoms with Gasteiger partial charge in [0.2, 0.25) is 5.91 Å². The molecule has 0 fully saturated rings. The van der Waals surface area contributed by atoms with Gasteiger partial charge in [-0.1, -0.05) is 48.0 Å². The van der Waals surface area contributed by atoms with E-state index in [1.54, 1.807) is 11.8 Å². The largest absolute Gasteiger partial charge is 0.349 e. The maximum absolute atomic E-state index is 12.3. The molecule has 0 saturated heterocycles. The van der Waals surface area contributed by atoms with Crippen LogP contribution < -0.4 is 5.32 Å². The third kappa shape index (κ3) is 4.21. The number of hydrogen-bond donors (Lipinski definition) is 1. The molecular formula is C21H25NOS. The summed E-state index contributed by atoms with van der Waals surface area (Å²) in [6.45, 7) is 4.25. The maximum Gasteiger partial charge on any atom is 0.230 e. The third-order valence-electron chi connectivity index (χ3n) is 4.70. The topological polar surface area (TPSA) is 29.1 Å². The molecule has 1 N–H and O–H groups in total. The smallest absolute Gasteiger partial charge is 0.230 e. The lowest BCUT2D eigenvalue weighted by Gasteiger charge is -2.26. The predicted octanol–water partition coefficient (Wildman–Crippen LogP) is 4.73. The van der Waals surface area contributed by atoms with Crippen LogP contribution in [0.4, 0.5) is 0 Å². The number of aryl methyl sites for hydroxylation is 3. The molecule has 3 rings (SSSR count). The fourth-order valence-electron chi connectivity index (χ4n) is 3.35. The maximum atomic E-state index is 12.3. The quantitative estimate of drug-likeness (QED) is 0.853. The molecule has 0 heterocycles. The summed E-state index contributed by atoms with van der Waals surface area (Å²) >= 11 is 1.70. The molecule has 2 nitrogen and oxygen atoms in total. The number of carbonyl (C=O) groups excluding carboxylic acids is 1. The molecule has 0 aromatic heterocycles. The van der Waals surface area contributed by atoms with Gasteiger partial charge in [-0.2, -0.15) is 0 Å². The third-order valence-corrected chi connectivity index (χ3v) is 5.68. The zero-order valence-electron chi connectivity index (χ0n) is 14.5. The van der Waals surface area contributed by atoms with Crippen molar-refractivity contribution in [1.29, 1.82) is 0 Å². The highest BCUT2D eigenvalue weighted by molar-refractivity contribution is 7.99. The van der Waals surface area contributed by atoms with E-state index in [9.17, 15) is 4.79 Å². The number of fused-ring (bicyclic) bond motifs is 1. The first-order valence-corrected chi connectivity index (χ1v) is 9.80. The van der Waals surface area contributed by atoms with Crippen molar-refractivity contribution in [2.75, 3.05) is 5.75 Å². The van der Waals surface area contributed by atoms with Crippen molar-refractivity contribution in [2.45, 2.75) is 44.9 Å². The van der Waals surface area contributed by atoms with Crippen LogP contribution in [0, 0.1) is 13.8 Å². The standard InChI is InChI=1S/C21H25NOS/c1-15-10-11-16(2)18(12-15)13-24-14-21(23)22-20-9-5-7-17-6-3-4-8-19(17)20/h3-4,6,8,10-12,20H,5,7,9,13-14H2,1-2H3,(H,22,23)/t20-/m1/s1. The zero-order valence-corrected chi connectivity index (χ0v) is 15.3. The molecule has 2 aromatic rings. The fourth-order valence-corrected chi connectivity index (χ4v) is 4.25. The van der Waals surface area contributed by atoms with Gasteiger partial charge < -0.3 is 5.32 Å². The Hall–Kier alpha value is -1.74. The van der Waals surface area contributed by atoms with E-state index in [0.717, 1.165) is 25.0 Å². The normalized spacial score (nSPS) is 16.5. The predicted molar refractivity (Wildman–Crippen MR) is 102 cm³/mol. The van der Waals surface area contributed by atoms with Crippen LogP contribution in [0.1, 0.15) is 46.7 Å². The van der Waals surface area contributed by atoms with E-state index in [2.05, 4.69) is 61.6 Å². The molecule has 1 atom stereocenters. The van der Waals surface area contributed by atoms with Crippen LogP contribution in [-0.2, 0) is 17.0 Å². The zero-order chi connectivity index (χ0) is 16.9. The van der Waals surface area contributed by atoms with Crippen molar-refractivity contribution in [2.24, 2.45) is 0 Å². The van der Waals surface area contributed by atoms with Gasteiger partial charge in [-0.15, -0.1) is 11.8 Å². The molecule has 0 bridgehead atoms. The Morgan fingerprint density at radius 2 is 2.04 bits per heavy atom. The van der Waals surface area contributed by atoms with Crippen LogP contribution in [0.5, 0.6) is 0 Å². The van der Waals surface area contributed by atoms with Gasteiger partial charge in [0.25, 0.3) is 0 Å². The minimum atomic E-state index is 0.145. The number of hydrogen-bond acceptors (Lipinski definition) is 2. The van der Waals surface area contributed by atoms with Gasteiger partial charge in [0, 0.05) is 5.75 Å². The van der Waals surface area contributed by atoms with Crippen LogP contribution in [0.2, 0.25) is 0 Å². The van der Waals surface area contributed by atoms with Crippen molar-refractivity contribution in [3.8, 4) is 0 Å². The summed E-state index contributed by atoms with van der Waals surface area (Å²) in [5.74, 6) is 1.56. The molecule has 1 aliphatic rings. The second-order valence-electron chi connectivity index (χ2n) is 6.63. The number of amides is 1.